The predicted molar refractivity (Wildman–Crippen MR) is 114 cm³/mol. The monoisotopic (exact) mass is 513 g/mol. The second kappa shape index (κ2) is 8.82. The third kappa shape index (κ3) is 4.69. The minimum atomic E-state index is -0.266. The maximum atomic E-state index is 11.5. The molecule has 0 aliphatic carbocycles. The molecule has 0 radical (unpaired) electrons. The minimum Gasteiger partial charge on any atom is -0.461 e. The van der Waals surface area contributed by atoms with Gasteiger partial charge in [-0.1, -0.05) is 12.6 Å². The van der Waals surface area contributed by atoms with Gasteiger partial charge in [-0.3, -0.25) is 4.79 Å². The summed E-state index contributed by atoms with van der Waals surface area (Å²) in [6.07, 6.45) is 6.29. The van der Waals surface area contributed by atoms with Crippen molar-refractivity contribution in [1.29, 1.82) is 0 Å². The first-order valence-corrected chi connectivity index (χ1v) is 10.1. The summed E-state index contributed by atoms with van der Waals surface area (Å²) in [6.45, 7) is 3.46. The first-order valence-electron chi connectivity index (χ1n) is 8.94. The zero-order valence-corrected chi connectivity index (χ0v) is 18.0. The van der Waals surface area contributed by atoms with Gasteiger partial charge >= 0.3 is 22.6 Å². The van der Waals surface area contributed by atoms with E-state index in [0.29, 0.717) is 17.5 Å². The van der Waals surface area contributed by atoms with Crippen molar-refractivity contribution in [3.63, 3.8) is 0 Å². The van der Waals surface area contributed by atoms with E-state index in [1.807, 2.05) is 59.0 Å². The molecule has 4 N–H and O–H groups in total. The van der Waals surface area contributed by atoms with Gasteiger partial charge in [-0.2, -0.15) is 4.98 Å². The van der Waals surface area contributed by atoms with Gasteiger partial charge in [-0.05, 0) is 42.5 Å². The van der Waals surface area contributed by atoms with Gasteiger partial charge in [0.25, 0.3) is 0 Å². The quantitative estimate of drug-likeness (QED) is 0.286. The Morgan fingerprint density at radius 3 is 2.83 bits per heavy atom. The van der Waals surface area contributed by atoms with Crippen LogP contribution in [-0.2, 0) is 4.79 Å². The lowest BCUT2D eigenvalue weighted by Gasteiger charge is -2.15. The normalized spacial score (nSPS) is 11.5. The van der Waals surface area contributed by atoms with E-state index in [4.69, 9.17) is 4.74 Å². The Morgan fingerprint density at radius 2 is 1.97 bits per heavy atom. The van der Waals surface area contributed by atoms with Crippen molar-refractivity contribution >= 4 is 40.4 Å². The van der Waals surface area contributed by atoms with E-state index in [0.717, 1.165) is 26.4 Å². The van der Waals surface area contributed by atoms with Crippen LogP contribution < -0.4 is 48.6 Å². The van der Waals surface area contributed by atoms with E-state index in [-0.39, 0.29) is 5.91 Å². The molecule has 0 fully saturated rings. The number of fused-ring (bicyclic) bond motifs is 1. The Morgan fingerprint density at radius 1 is 1.13 bits per heavy atom. The lowest BCUT2D eigenvalue weighted by molar-refractivity contribution is -0.327. The zero-order valence-electron chi connectivity index (χ0n) is 15.7. The van der Waals surface area contributed by atoms with Gasteiger partial charge in [-0.15, -0.1) is 0 Å². The number of carbonyl (C=O) groups excluding carboxylic acids is 1. The highest BCUT2D eigenvalue weighted by molar-refractivity contribution is 5.99. The number of benzene rings is 2. The van der Waals surface area contributed by atoms with Crippen LogP contribution in [0.3, 0.4) is 0 Å². The molecule has 0 atom stereocenters. The van der Waals surface area contributed by atoms with Gasteiger partial charge in [0.15, 0.2) is 5.82 Å². The maximum Gasteiger partial charge on any atom is 0.302 e. The smallest absolute Gasteiger partial charge is 0.302 e. The van der Waals surface area contributed by atoms with Crippen LogP contribution in [-0.4, -0.2) is 15.9 Å². The molecule has 0 spiro atoms. The lowest BCUT2D eigenvalue weighted by Crippen LogP contribution is -3.34. The Bertz CT molecular complexity index is 1150. The van der Waals surface area contributed by atoms with Gasteiger partial charge in [0.2, 0.25) is 15.4 Å². The molecule has 1 aromatic heterocycles. The van der Waals surface area contributed by atoms with Gasteiger partial charge in [0.05, 0.1) is 11.9 Å². The molecule has 2 heterocycles. The zero-order chi connectivity index (χ0) is 20.9. The number of amides is 1. The first-order chi connectivity index (χ1) is 14.6. The van der Waals surface area contributed by atoms with E-state index in [1.54, 1.807) is 24.7 Å². The summed E-state index contributed by atoms with van der Waals surface area (Å²) in [4.78, 5) is 20.5. The number of hydrogen-bond acceptors (Lipinski definition) is 7. The topological polar surface area (TPSA) is 100 Å². The molecule has 4 rings (SSSR count). The number of nitrogens with one attached hydrogen (secondary N) is 4. The largest absolute Gasteiger partial charge is 0.461 e. The van der Waals surface area contributed by atoms with Crippen LogP contribution in [0.1, 0.15) is 0 Å². The molecule has 1 aliphatic heterocycles. The summed E-state index contributed by atoms with van der Waals surface area (Å²) >= 11 is 1.84. The number of aromatic nitrogens is 2. The van der Waals surface area contributed by atoms with Gasteiger partial charge in [-0.25, -0.2) is 4.98 Å². The molecule has 30 heavy (non-hydrogen) atoms. The number of anilines is 6. The summed E-state index contributed by atoms with van der Waals surface area (Å²) in [7, 11) is 0. The summed E-state index contributed by atoms with van der Waals surface area (Å²) in [5, 5.41) is 12.3. The molecule has 1 aliphatic rings. The van der Waals surface area contributed by atoms with Crippen LogP contribution in [0.15, 0.2) is 73.8 Å². The van der Waals surface area contributed by atoms with Crippen LogP contribution in [0.25, 0.3) is 0 Å². The fraction of sp³-hybridized carbons (Fsp3) is 0. The SMILES string of the molecule is C=CC(=O)Nc1cccc(Nc2nc(Nc3ccc4c(c3)NC=CO4)ncc2[IH+])c1. The number of rotatable bonds is 6. The van der Waals surface area contributed by atoms with Crippen molar-refractivity contribution in [2.45, 2.75) is 0 Å². The van der Waals surface area contributed by atoms with Crippen LogP contribution in [0.5, 0.6) is 5.75 Å². The Labute approximate surface area is 186 Å². The van der Waals surface area contributed by atoms with Crippen molar-refractivity contribution in [2.24, 2.45) is 0 Å². The van der Waals surface area contributed by atoms with Crippen molar-refractivity contribution < 1.29 is 32.1 Å². The molecule has 150 valence electrons. The van der Waals surface area contributed by atoms with Gasteiger partial charge < -0.3 is 26.0 Å². The molecular weight excluding hydrogens is 495 g/mol. The average Bonchev–Trinajstić information content (AvgIpc) is 2.76. The van der Waals surface area contributed by atoms with Crippen molar-refractivity contribution in [3.05, 3.63) is 77.3 Å². The number of ether oxygens (including phenoxy) is 1. The molecule has 8 nitrogen and oxygen atoms in total. The molecule has 0 unspecified atom stereocenters. The fourth-order valence-corrected chi connectivity index (χ4v) is 3.14. The highest BCUT2D eigenvalue weighted by Gasteiger charge is 2.13. The molecule has 3 aromatic rings. The molecule has 1 amide bonds. The summed E-state index contributed by atoms with van der Waals surface area (Å²) in [5.74, 6) is 1.59. The Kier molecular flexibility index (Phi) is 5.80. The summed E-state index contributed by atoms with van der Waals surface area (Å²) in [6, 6.07) is 13.0. The first kappa shape index (κ1) is 19.7. The van der Waals surface area contributed by atoms with Gasteiger partial charge in [0.1, 0.15) is 12.0 Å². The Hall–Kier alpha value is -3.60. The number of carbonyl (C=O) groups is 1. The fourth-order valence-electron chi connectivity index (χ4n) is 2.71. The van der Waals surface area contributed by atoms with Crippen molar-refractivity contribution in [3.8, 4) is 5.75 Å². The highest BCUT2D eigenvalue weighted by Crippen LogP contribution is 2.31. The molecular formula is C21H18IN6O2+. The average molecular weight is 513 g/mol. The molecule has 9 heteroatoms. The highest BCUT2D eigenvalue weighted by atomic mass is 127. The third-order valence-electron chi connectivity index (χ3n) is 4.07. The standard InChI is InChI=1S/C21H17IN6O2/c1-2-19(29)25-13-4-3-5-14(10-13)26-20-16(22)12-24-21(28-20)27-15-6-7-18-17(11-15)23-8-9-30-18/h2-12,22-23H,1H2,(H2-,24,25,26,27,28,29)/p+1. The second-order valence-electron chi connectivity index (χ2n) is 6.21. The van der Waals surface area contributed by atoms with E-state index >= 15 is 0 Å². The minimum absolute atomic E-state index is 0.266. The number of halogens is 1. The summed E-state index contributed by atoms with van der Waals surface area (Å²) in [5.41, 5.74) is 3.12. The molecule has 0 bridgehead atoms. The predicted octanol–water partition coefficient (Wildman–Crippen LogP) is 0.819. The number of hydrogen-bond donors (Lipinski definition) is 4. The molecule has 0 saturated heterocycles. The maximum absolute atomic E-state index is 11.5. The van der Waals surface area contributed by atoms with Crippen LogP contribution in [0, 0.1) is 3.57 Å². The van der Waals surface area contributed by atoms with Crippen LogP contribution >= 0.6 is 0 Å². The van der Waals surface area contributed by atoms with E-state index in [1.165, 1.54) is 6.08 Å². The second-order valence-corrected chi connectivity index (χ2v) is 7.46. The summed E-state index contributed by atoms with van der Waals surface area (Å²) < 4.78 is 6.32. The van der Waals surface area contributed by atoms with Gasteiger partial charge in [0, 0.05) is 23.3 Å². The van der Waals surface area contributed by atoms with E-state index < -0.39 is 0 Å². The van der Waals surface area contributed by atoms with Crippen LogP contribution in [0.4, 0.5) is 34.5 Å². The Balaban J connectivity index is 1.52. The molecule has 2 aromatic carbocycles. The van der Waals surface area contributed by atoms with Crippen molar-refractivity contribution in [2.75, 3.05) is 21.3 Å². The van der Waals surface area contributed by atoms with Crippen molar-refractivity contribution in [1.82, 2.24) is 9.97 Å². The number of nitrogens with zero attached hydrogens (tertiary/aromatic N) is 2. The van der Waals surface area contributed by atoms with Crippen LogP contribution in [0.2, 0.25) is 0 Å². The van der Waals surface area contributed by atoms with E-state index in [2.05, 4.69) is 37.8 Å². The van der Waals surface area contributed by atoms with E-state index in [9.17, 15) is 4.79 Å². The third-order valence-corrected chi connectivity index (χ3v) is 4.92. The molecule has 0 saturated carbocycles. The lowest BCUT2D eigenvalue weighted by atomic mass is 10.2.